The highest BCUT2D eigenvalue weighted by atomic mass is 32.1. The largest absolute Gasteiger partial charge is 0.354 e. The second-order valence-corrected chi connectivity index (χ2v) is 7.97. The summed E-state index contributed by atoms with van der Waals surface area (Å²) in [4.78, 5) is 27.6. The molecule has 146 valence electrons. The normalized spacial score (nSPS) is 15.0. The minimum Gasteiger partial charge on any atom is -0.354 e. The van der Waals surface area contributed by atoms with Gasteiger partial charge in [-0.2, -0.15) is 5.10 Å². The molecule has 0 atom stereocenters. The SMILES string of the molecule is Cc1cc(C)n(CCNC(=O)C2CCN(C(=O)NCc3cccs3)CC2)n1. The maximum atomic E-state index is 12.4. The van der Waals surface area contributed by atoms with Gasteiger partial charge in [0.2, 0.25) is 5.91 Å². The average molecular weight is 390 g/mol. The van der Waals surface area contributed by atoms with Gasteiger partial charge in [0, 0.05) is 36.1 Å². The molecular formula is C19H27N5O2S. The molecular weight excluding hydrogens is 362 g/mol. The fourth-order valence-corrected chi connectivity index (χ4v) is 4.01. The summed E-state index contributed by atoms with van der Waals surface area (Å²) < 4.78 is 1.91. The lowest BCUT2D eigenvalue weighted by atomic mass is 9.96. The number of carbonyl (C=O) groups is 2. The van der Waals surface area contributed by atoms with Gasteiger partial charge in [0.05, 0.1) is 18.8 Å². The molecule has 2 aromatic heterocycles. The van der Waals surface area contributed by atoms with Crippen LogP contribution in [0, 0.1) is 19.8 Å². The van der Waals surface area contributed by atoms with E-state index in [4.69, 9.17) is 0 Å². The molecule has 0 aromatic carbocycles. The van der Waals surface area contributed by atoms with Gasteiger partial charge >= 0.3 is 6.03 Å². The lowest BCUT2D eigenvalue weighted by Crippen LogP contribution is -2.46. The lowest BCUT2D eigenvalue weighted by Gasteiger charge is -2.31. The predicted octanol–water partition coefficient (Wildman–Crippen LogP) is 2.30. The van der Waals surface area contributed by atoms with Crippen molar-refractivity contribution in [2.24, 2.45) is 5.92 Å². The number of hydrogen-bond acceptors (Lipinski definition) is 4. The summed E-state index contributed by atoms with van der Waals surface area (Å²) in [7, 11) is 0. The Morgan fingerprint density at radius 1 is 1.26 bits per heavy atom. The minimum absolute atomic E-state index is 0.0215. The van der Waals surface area contributed by atoms with Crippen molar-refractivity contribution in [1.29, 1.82) is 0 Å². The number of carbonyl (C=O) groups excluding carboxylic acids is 2. The van der Waals surface area contributed by atoms with E-state index in [1.165, 1.54) is 0 Å². The van der Waals surface area contributed by atoms with Crippen molar-refractivity contribution in [2.75, 3.05) is 19.6 Å². The second-order valence-electron chi connectivity index (χ2n) is 6.94. The van der Waals surface area contributed by atoms with Crippen LogP contribution in [0.5, 0.6) is 0 Å². The average Bonchev–Trinajstić information content (AvgIpc) is 3.29. The van der Waals surface area contributed by atoms with Crippen molar-refractivity contribution in [3.05, 3.63) is 39.8 Å². The lowest BCUT2D eigenvalue weighted by molar-refractivity contribution is -0.126. The highest BCUT2D eigenvalue weighted by Crippen LogP contribution is 2.17. The predicted molar refractivity (Wildman–Crippen MR) is 106 cm³/mol. The molecule has 0 bridgehead atoms. The van der Waals surface area contributed by atoms with E-state index < -0.39 is 0 Å². The number of nitrogens with zero attached hydrogens (tertiary/aromatic N) is 3. The molecule has 2 N–H and O–H groups in total. The van der Waals surface area contributed by atoms with E-state index in [1.807, 2.05) is 42.1 Å². The van der Waals surface area contributed by atoms with Crippen molar-refractivity contribution >= 4 is 23.3 Å². The summed E-state index contributed by atoms with van der Waals surface area (Å²) in [6.45, 7) is 7.02. The Morgan fingerprint density at radius 3 is 2.67 bits per heavy atom. The van der Waals surface area contributed by atoms with E-state index in [2.05, 4.69) is 15.7 Å². The van der Waals surface area contributed by atoms with Crippen LogP contribution in [-0.4, -0.2) is 46.3 Å². The third-order valence-corrected chi connectivity index (χ3v) is 5.75. The fourth-order valence-electron chi connectivity index (χ4n) is 3.36. The number of aryl methyl sites for hydroxylation is 2. The van der Waals surface area contributed by atoms with Gasteiger partial charge in [-0.3, -0.25) is 9.48 Å². The first-order chi connectivity index (χ1) is 13.0. The number of aromatic nitrogens is 2. The van der Waals surface area contributed by atoms with E-state index in [1.54, 1.807) is 16.2 Å². The maximum Gasteiger partial charge on any atom is 0.317 e. The molecule has 3 heterocycles. The Bertz CT molecular complexity index is 763. The van der Waals surface area contributed by atoms with Gasteiger partial charge < -0.3 is 15.5 Å². The van der Waals surface area contributed by atoms with Crippen molar-refractivity contribution < 1.29 is 9.59 Å². The van der Waals surface area contributed by atoms with Crippen LogP contribution in [0.3, 0.4) is 0 Å². The highest BCUT2D eigenvalue weighted by molar-refractivity contribution is 7.09. The zero-order chi connectivity index (χ0) is 19.2. The van der Waals surface area contributed by atoms with E-state index in [-0.39, 0.29) is 17.9 Å². The van der Waals surface area contributed by atoms with Gasteiger partial charge in [-0.15, -0.1) is 11.3 Å². The van der Waals surface area contributed by atoms with Crippen molar-refractivity contribution in [3.8, 4) is 0 Å². The Labute approximate surface area is 163 Å². The quantitative estimate of drug-likeness (QED) is 0.796. The zero-order valence-corrected chi connectivity index (χ0v) is 16.7. The number of urea groups is 1. The standard InChI is InChI=1S/C19H27N5O2S/c1-14-12-15(2)24(22-14)10-7-20-18(25)16-5-8-23(9-6-16)19(26)21-13-17-4-3-11-27-17/h3-4,11-12,16H,5-10,13H2,1-2H3,(H,20,25)(H,21,26). The second kappa shape index (κ2) is 9.03. The summed E-state index contributed by atoms with van der Waals surface area (Å²) in [5.41, 5.74) is 2.09. The summed E-state index contributed by atoms with van der Waals surface area (Å²) in [5, 5.41) is 12.4. The fraction of sp³-hybridized carbons (Fsp3) is 0.526. The van der Waals surface area contributed by atoms with Crippen LogP contribution < -0.4 is 10.6 Å². The third kappa shape index (κ3) is 5.32. The molecule has 1 fully saturated rings. The molecule has 1 aliphatic heterocycles. The molecule has 0 radical (unpaired) electrons. The number of nitrogens with one attached hydrogen (secondary N) is 2. The first-order valence-electron chi connectivity index (χ1n) is 9.37. The third-order valence-electron chi connectivity index (χ3n) is 4.87. The number of likely N-dealkylation sites (tertiary alicyclic amines) is 1. The van der Waals surface area contributed by atoms with Gasteiger partial charge in [0.1, 0.15) is 0 Å². The maximum absolute atomic E-state index is 12.4. The van der Waals surface area contributed by atoms with Crippen molar-refractivity contribution in [3.63, 3.8) is 0 Å². The monoisotopic (exact) mass is 389 g/mol. The first-order valence-corrected chi connectivity index (χ1v) is 10.2. The summed E-state index contributed by atoms with van der Waals surface area (Å²) >= 11 is 1.63. The summed E-state index contributed by atoms with van der Waals surface area (Å²) in [6.07, 6.45) is 1.41. The van der Waals surface area contributed by atoms with E-state index in [9.17, 15) is 9.59 Å². The Morgan fingerprint density at radius 2 is 2.04 bits per heavy atom. The van der Waals surface area contributed by atoms with E-state index >= 15 is 0 Å². The van der Waals surface area contributed by atoms with Crippen LogP contribution in [0.4, 0.5) is 4.79 Å². The molecule has 0 saturated carbocycles. The van der Waals surface area contributed by atoms with Gasteiger partial charge in [-0.25, -0.2) is 4.79 Å². The molecule has 1 saturated heterocycles. The van der Waals surface area contributed by atoms with Gasteiger partial charge in [0.25, 0.3) is 0 Å². The molecule has 3 amide bonds. The van der Waals surface area contributed by atoms with E-state index in [0.29, 0.717) is 45.6 Å². The molecule has 0 aliphatic carbocycles. The number of thiophene rings is 1. The van der Waals surface area contributed by atoms with Gasteiger partial charge in [-0.05, 0) is 44.2 Å². The molecule has 2 aromatic rings. The zero-order valence-electron chi connectivity index (χ0n) is 15.9. The molecule has 1 aliphatic rings. The van der Waals surface area contributed by atoms with Gasteiger partial charge in [-0.1, -0.05) is 6.07 Å². The minimum atomic E-state index is -0.0493. The Kier molecular flexibility index (Phi) is 6.49. The first kappa shape index (κ1) is 19.4. The molecule has 3 rings (SSSR count). The van der Waals surface area contributed by atoms with Gasteiger partial charge in [0.15, 0.2) is 0 Å². The number of amides is 3. The Balaban J connectivity index is 1.36. The number of hydrogen-bond donors (Lipinski definition) is 2. The summed E-state index contributed by atoms with van der Waals surface area (Å²) in [5.74, 6) is 0.0574. The molecule has 27 heavy (non-hydrogen) atoms. The van der Waals surface area contributed by atoms with Crippen LogP contribution in [0.2, 0.25) is 0 Å². The van der Waals surface area contributed by atoms with Crippen LogP contribution in [0.15, 0.2) is 23.6 Å². The van der Waals surface area contributed by atoms with Crippen LogP contribution >= 0.6 is 11.3 Å². The number of rotatable bonds is 6. The van der Waals surface area contributed by atoms with E-state index in [0.717, 1.165) is 16.3 Å². The van der Waals surface area contributed by atoms with Crippen LogP contribution in [-0.2, 0) is 17.9 Å². The molecule has 7 nitrogen and oxygen atoms in total. The molecule has 0 spiro atoms. The molecule has 8 heteroatoms. The van der Waals surface area contributed by atoms with Crippen molar-refractivity contribution in [2.45, 2.75) is 39.8 Å². The highest BCUT2D eigenvalue weighted by Gasteiger charge is 2.27. The van der Waals surface area contributed by atoms with Crippen LogP contribution in [0.25, 0.3) is 0 Å². The number of piperidine rings is 1. The summed E-state index contributed by atoms with van der Waals surface area (Å²) in [6, 6.07) is 5.96. The van der Waals surface area contributed by atoms with Crippen molar-refractivity contribution in [1.82, 2.24) is 25.3 Å². The smallest absolute Gasteiger partial charge is 0.317 e. The van der Waals surface area contributed by atoms with Crippen LogP contribution in [0.1, 0.15) is 29.1 Å². The molecule has 0 unspecified atom stereocenters. The topological polar surface area (TPSA) is 79.3 Å². The Hall–Kier alpha value is -2.35.